The first kappa shape index (κ1) is 9.19. The van der Waals surface area contributed by atoms with Gasteiger partial charge in [0.25, 0.3) is 0 Å². The molecule has 1 aliphatic heterocycles. The summed E-state index contributed by atoms with van der Waals surface area (Å²) in [4.78, 5) is 3.89. The molecule has 1 aromatic heterocycles. The lowest BCUT2D eigenvalue weighted by Gasteiger charge is -2.22. The Morgan fingerprint density at radius 2 is 2.54 bits per heavy atom. The van der Waals surface area contributed by atoms with Crippen molar-refractivity contribution in [3.05, 3.63) is 22.4 Å². The maximum Gasteiger partial charge on any atom is 0.0479 e. The second-order valence-corrected chi connectivity index (χ2v) is 4.70. The number of thiophene rings is 1. The predicted molar refractivity (Wildman–Crippen MR) is 56.9 cm³/mol. The molecule has 1 aromatic rings. The Morgan fingerprint density at radius 1 is 1.69 bits per heavy atom. The minimum Gasteiger partial charge on any atom is -0.330 e. The smallest absolute Gasteiger partial charge is 0.0479 e. The topological polar surface area (TPSA) is 29.3 Å². The average molecular weight is 196 g/mol. The Bertz CT molecular complexity index is 258. The molecule has 0 spiro atoms. The minimum atomic E-state index is 0.574. The van der Waals surface area contributed by atoms with Gasteiger partial charge in [-0.05, 0) is 43.9 Å². The van der Waals surface area contributed by atoms with Crippen LogP contribution < -0.4 is 5.73 Å². The molecule has 1 aliphatic rings. The number of nitrogens with two attached hydrogens (primary N) is 1. The number of nitrogens with zero attached hydrogens (tertiary/aromatic N) is 1. The van der Waals surface area contributed by atoms with E-state index in [-0.39, 0.29) is 0 Å². The highest BCUT2D eigenvalue weighted by atomic mass is 32.1. The highest BCUT2D eigenvalue weighted by Gasteiger charge is 2.32. The third kappa shape index (κ3) is 1.64. The molecule has 2 N–H and O–H groups in total. The van der Waals surface area contributed by atoms with E-state index in [9.17, 15) is 0 Å². The van der Waals surface area contributed by atoms with Gasteiger partial charge in [0.15, 0.2) is 0 Å². The molecular weight excluding hydrogens is 180 g/mol. The van der Waals surface area contributed by atoms with E-state index in [1.807, 2.05) is 11.3 Å². The highest BCUT2D eigenvalue weighted by molar-refractivity contribution is 7.10. The van der Waals surface area contributed by atoms with Crippen molar-refractivity contribution in [2.45, 2.75) is 12.5 Å². The summed E-state index contributed by atoms with van der Waals surface area (Å²) in [5.41, 5.74) is 5.77. The molecule has 2 rings (SSSR count). The van der Waals surface area contributed by atoms with Crippen LogP contribution in [0.2, 0.25) is 0 Å². The fourth-order valence-electron chi connectivity index (χ4n) is 2.18. The summed E-state index contributed by atoms with van der Waals surface area (Å²) in [6.45, 7) is 2.00. The Kier molecular flexibility index (Phi) is 2.67. The van der Waals surface area contributed by atoms with Crippen molar-refractivity contribution in [3.8, 4) is 0 Å². The monoisotopic (exact) mass is 196 g/mol. The van der Waals surface area contributed by atoms with Gasteiger partial charge in [0.1, 0.15) is 0 Å². The minimum absolute atomic E-state index is 0.574. The summed E-state index contributed by atoms with van der Waals surface area (Å²) in [6.07, 6.45) is 1.25. The van der Waals surface area contributed by atoms with Crippen LogP contribution in [0, 0.1) is 5.92 Å². The normalized spacial score (nSPS) is 29.7. The van der Waals surface area contributed by atoms with E-state index in [4.69, 9.17) is 5.73 Å². The number of rotatable bonds is 2. The Morgan fingerprint density at radius 3 is 3.15 bits per heavy atom. The van der Waals surface area contributed by atoms with Crippen LogP contribution in [0.3, 0.4) is 0 Å². The summed E-state index contributed by atoms with van der Waals surface area (Å²) < 4.78 is 0. The van der Waals surface area contributed by atoms with E-state index >= 15 is 0 Å². The van der Waals surface area contributed by atoms with Gasteiger partial charge in [-0.3, -0.25) is 4.90 Å². The second-order valence-electron chi connectivity index (χ2n) is 3.73. The fraction of sp³-hybridized carbons (Fsp3) is 0.600. The number of hydrogen-bond acceptors (Lipinski definition) is 3. The van der Waals surface area contributed by atoms with Crippen LogP contribution in [0.25, 0.3) is 0 Å². The zero-order valence-corrected chi connectivity index (χ0v) is 8.76. The van der Waals surface area contributed by atoms with E-state index in [0.29, 0.717) is 12.0 Å². The van der Waals surface area contributed by atoms with Crippen LogP contribution in [0.4, 0.5) is 0 Å². The quantitative estimate of drug-likeness (QED) is 0.780. The van der Waals surface area contributed by atoms with Crippen molar-refractivity contribution in [2.24, 2.45) is 11.7 Å². The highest BCUT2D eigenvalue weighted by Crippen LogP contribution is 2.37. The molecule has 3 heteroatoms. The molecule has 0 bridgehead atoms. The molecular formula is C10H16N2S. The van der Waals surface area contributed by atoms with E-state index in [0.717, 1.165) is 6.54 Å². The van der Waals surface area contributed by atoms with Gasteiger partial charge >= 0.3 is 0 Å². The molecule has 2 heterocycles. The molecule has 0 saturated carbocycles. The van der Waals surface area contributed by atoms with Crippen molar-refractivity contribution in [1.29, 1.82) is 0 Å². The van der Waals surface area contributed by atoms with E-state index < -0.39 is 0 Å². The number of likely N-dealkylation sites (tertiary alicyclic amines) is 1. The van der Waals surface area contributed by atoms with Crippen molar-refractivity contribution >= 4 is 11.3 Å². The molecule has 72 valence electrons. The first-order chi connectivity index (χ1) is 6.33. The average Bonchev–Trinajstić information content (AvgIpc) is 2.72. The molecule has 13 heavy (non-hydrogen) atoms. The van der Waals surface area contributed by atoms with Gasteiger partial charge in [0.05, 0.1) is 0 Å². The van der Waals surface area contributed by atoms with Gasteiger partial charge in [-0.1, -0.05) is 6.07 Å². The van der Waals surface area contributed by atoms with Crippen molar-refractivity contribution < 1.29 is 0 Å². The Hall–Kier alpha value is -0.380. The van der Waals surface area contributed by atoms with Crippen LogP contribution >= 0.6 is 11.3 Å². The van der Waals surface area contributed by atoms with Crippen LogP contribution in [-0.4, -0.2) is 25.0 Å². The third-order valence-corrected chi connectivity index (χ3v) is 3.85. The van der Waals surface area contributed by atoms with Gasteiger partial charge in [0, 0.05) is 10.9 Å². The van der Waals surface area contributed by atoms with Gasteiger partial charge in [-0.25, -0.2) is 0 Å². The van der Waals surface area contributed by atoms with Crippen molar-refractivity contribution in [1.82, 2.24) is 4.90 Å². The van der Waals surface area contributed by atoms with Gasteiger partial charge < -0.3 is 5.73 Å². The number of hydrogen-bond donors (Lipinski definition) is 1. The van der Waals surface area contributed by atoms with Crippen LogP contribution in [0.5, 0.6) is 0 Å². The molecule has 0 aromatic carbocycles. The van der Waals surface area contributed by atoms with Crippen LogP contribution in [-0.2, 0) is 0 Å². The molecule has 0 amide bonds. The predicted octanol–water partition coefficient (Wildman–Crippen LogP) is 1.70. The lowest BCUT2D eigenvalue weighted by atomic mass is 9.99. The summed E-state index contributed by atoms with van der Waals surface area (Å²) in [5.74, 6) is 0.656. The zero-order valence-electron chi connectivity index (χ0n) is 7.94. The van der Waals surface area contributed by atoms with Crippen LogP contribution in [0.15, 0.2) is 17.5 Å². The maximum atomic E-state index is 5.77. The van der Waals surface area contributed by atoms with Crippen molar-refractivity contribution in [3.63, 3.8) is 0 Å². The van der Waals surface area contributed by atoms with E-state index in [2.05, 4.69) is 29.5 Å². The molecule has 2 atom stereocenters. The van der Waals surface area contributed by atoms with Crippen molar-refractivity contribution in [2.75, 3.05) is 20.1 Å². The van der Waals surface area contributed by atoms with Gasteiger partial charge in [0.2, 0.25) is 0 Å². The second kappa shape index (κ2) is 3.78. The third-order valence-electron chi connectivity index (χ3n) is 2.91. The summed E-state index contributed by atoms with van der Waals surface area (Å²) in [7, 11) is 2.19. The molecule has 1 saturated heterocycles. The molecule has 0 aliphatic carbocycles. The van der Waals surface area contributed by atoms with E-state index in [1.54, 1.807) is 0 Å². The zero-order chi connectivity index (χ0) is 9.26. The maximum absolute atomic E-state index is 5.77. The van der Waals surface area contributed by atoms with Gasteiger partial charge in [-0.15, -0.1) is 11.3 Å². The lowest BCUT2D eigenvalue weighted by molar-refractivity contribution is 0.284. The first-order valence-corrected chi connectivity index (χ1v) is 5.64. The van der Waals surface area contributed by atoms with E-state index in [1.165, 1.54) is 17.8 Å². The molecule has 0 radical (unpaired) electrons. The SMILES string of the molecule is CN1CC[C@H](CN)[C@@H]1c1cccs1. The summed E-state index contributed by atoms with van der Waals surface area (Å²) in [5, 5.41) is 2.15. The lowest BCUT2D eigenvalue weighted by Crippen LogP contribution is -2.24. The first-order valence-electron chi connectivity index (χ1n) is 4.76. The Labute approximate surface area is 83.4 Å². The van der Waals surface area contributed by atoms with Gasteiger partial charge in [-0.2, -0.15) is 0 Å². The molecule has 0 unspecified atom stereocenters. The summed E-state index contributed by atoms with van der Waals surface area (Å²) >= 11 is 1.85. The fourth-order valence-corrected chi connectivity index (χ4v) is 3.17. The Balaban J connectivity index is 2.20. The molecule has 2 nitrogen and oxygen atoms in total. The molecule has 1 fully saturated rings. The standard InChI is InChI=1S/C10H16N2S/c1-12-5-4-8(7-11)10(12)9-3-2-6-13-9/h2-3,6,8,10H,4-5,7,11H2,1H3/t8-,10-/m1/s1. The summed E-state index contributed by atoms with van der Waals surface area (Å²) in [6, 6.07) is 4.92. The largest absolute Gasteiger partial charge is 0.330 e. The van der Waals surface area contributed by atoms with Crippen LogP contribution in [0.1, 0.15) is 17.3 Å².